The van der Waals surface area contributed by atoms with Crippen LogP contribution in [0.1, 0.15) is 63.8 Å². The standard InChI is InChI=1S/C18H29N3O6S/c1-11-16(13(3)27-20-11)28(24,25)21-12(2)18(23)26-14(4)17(22)19-15-9-7-5-6-8-10-15/h12,14-15,21H,5-10H2,1-4H3,(H,19,22)/t12-,14-/m0/s1. The van der Waals surface area contributed by atoms with Gasteiger partial charge in [-0.2, -0.15) is 4.72 Å². The van der Waals surface area contributed by atoms with Crippen LogP contribution >= 0.6 is 0 Å². The summed E-state index contributed by atoms with van der Waals surface area (Å²) in [5, 5.41) is 6.52. The average Bonchev–Trinajstić information content (AvgIpc) is 2.81. The number of hydrogen-bond acceptors (Lipinski definition) is 7. The predicted octanol–water partition coefficient (Wildman–Crippen LogP) is 1.73. The molecule has 158 valence electrons. The van der Waals surface area contributed by atoms with E-state index in [1.165, 1.54) is 40.5 Å². The van der Waals surface area contributed by atoms with Gasteiger partial charge in [-0.3, -0.25) is 9.59 Å². The number of nitrogens with one attached hydrogen (secondary N) is 2. The summed E-state index contributed by atoms with van der Waals surface area (Å²) < 4.78 is 37.2. The molecule has 1 aliphatic rings. The predicted molar refractivity (Wildman–Crippen MR) is 101 cm³/mol. The van der Waals surface area contributed by atoms with Crippen molar-refractivity contribution in [3.05, 3.63) is 11.5 Å². The normalized spacial score (nSPS) is 18.1. The zero-order chi connectivity index (χ0) is 20.9. The van der Waals surface area contributed by atoms with Crippen LogP contribution in [0.2, 0.25) is 0 Å². The Labute approximate surface area is 165 Å². The first-order valence-corrected chi connectivity index (χ1v) is 11.1. The molecule has 1 amide bonds. The maximum absolute atomic E-state index is 12.5. The largest absolute Gasteiger partial charge is 0.451 e. The number of amides is 1. The third-order valence-electron chi connectivity index (χ3n) is 4.79. The van der Waals surface area contributed by atoms with E-state index < -0.39 is 28.1 Å². The summed E-state index contributed by atoms with van der Waals surface area (Å²) >= 11 is 0. The Morgan fingerprint density at radius 3 is 2.29 bits per heavy atom. The van der Waals surface area contributed by atoms with Crippen LogP contribution < -0.4 is 10.0 Å². The number of esters is 1. The van der Waals surface area contributed by atoms with Crippen LogP contribution in [0, 0.1) is 13.8 Å². The van der Waals surface area contributed by atoms with Crippen molar-refractivity contribution in [1.82, 2.24) is 15.2 Å². The van der Waals surface area contributed by atoms with E-state index in [-0.39, 0.29) is 28.3 Å². The molecule has 2 N–H and O–H groups in total. The lowest BCUT2D eigenvalue weighted by Crippen LogP contribution is -2.45. The quantitative estimate of drug-likeness (QED) is 0.513. The molecule has 1 heterocycles. The molecule has 0 unspecified atom stereocenters. The number of sulfonamides is 1. The van der Waals surface area contributed by atoms with Gasteiger partial charge in [0, 0.05) is 6.04 Å². The summed E-state index contributed by atoms with van der Waals surface area (Å²) in [6.45, 7) is 5.79. The smallest absolute Gasteiger partial charge is 0.324 e. The van der Waals surface area contributed by atoms with Crippen molar-refractivity contribution in [3.8, 4) is 0 Å². The van der Waals surface area contributed by atoms with E-state index in [9.17, 15) is 18.0 Å². The first-order valence-electron chi connectivity index (χ1n) is 9.58. The zero-order valence-electron chi connectivity index (χ0n) is 16.8. The van der Waals surface area contributed by atoms with Gasteiger partial charge in [0.25, 0.3) is 5.91 Å². The molecule has 1 aliphatic carbocycles. The summed E-state index contributed by atoms with van der Waals surface area (Å²) in [6.07, 6.45) is 5.29. The SMILES string of the molecule is Cc1noc(C)c1S(=O)(=O)N[C@@H](C)C(=O)O[C@@H](C)C(=O)NC1CCCCCC1. The number of aromatic nitrogens is 1. The van der Waals surface area contributed by atoms with Crippen molar-refractivity contribution in [2.45, 2.75) is 89.3 Å². The Bertz CT molecular complexity index is 777. The van der Waals surface area contributed by atoms with E-state index in [2.05, 4.69) is 15.2 Å². The van der Waals surface area contributed by atoms with Crippen molar-refractivity contribution in [2.24, 2.45) is 0 Å². The highest BCUT2D eigenvalue weighted by atomic mass is 32.2. The third-order valence-corrected chi connectivity index (χ3v) is 6.57. The topological polar surface area (TPSA) is 128 Å². The van der Waals surface area contributed by atoms with Gasteiger partial charge >= 0.3 is 5.97 Å². The molecule has 1 fully saturated rings. The second-order valence-electron chi connectivity index (χ2n) is 7.27. The van der Waals surface area contributed by atoms with Gasteiger partial charge < -0.3 is 14.6 Å². The molecule has 1 aromatic rings. The van der Waals surface area contributed by atoms with E-state index in [0.717, 1.165) is 25.7 Å². The molecular weight excluding hydrogens is 386 g/mol. The van der Waals surface area contributed by atoms with Gasteiger partial charge in [-0.05, 0) is 40.5 Å². The van der Waals surface area contributed by atoms with Crippen molar-refractivity contribution in [1.29, 1.82) is 0 Å². The maximum atomic E-state index is 12.5. The number of carbonyl (C=O) groups excluding carboxylic acids is 2. The van der Waals surface area contributed by atoms with Gasteiger partial charge in [0.2, 0.25) is 10.0 Å². The van der Waals surface area contributed by atoms with E-state index >= 15 is 0 Å². The molecule has 1 saturated carbocycles. The lowest BCUT2D eigenvalue weighted by Gasteiger charge is -2.21. The first kappa shape index (κ1) is 22.4. The van der Waals surface area contributed by atoms with Crippen molar-refractivity contribution < 1.29 is 27.3 Å². The lowest BCUT2D eigenvalue weighted by molar-refractivity contribution is -0.156. The molecule has 10 heteroatoms. The number of aryl methyl sites for hydroxylation is 2. The minimum absolute atomic E-state index is 0.0895. The third kappa shape index (κ3) is 5.78. The molecule has 0 bridgehead atoms. The second kappa shape index (κ2) is 9.51. The molecule has 0 aliphatic heterocycles. The average molecular weight is 416 g/mol. The van der Waals surface area contributed by atoms with Crippen LogP contribution in [-0.2, 0) is 24.3 Å². The van der Waals surface area contributed by atoms with Gasteiger partial charge in [0.15, 0.2) is 11.9 Å². The zero-order valence-corrected chi connectivity index (χ0v) is 17.6. The van der Waals surface area contributed by atoms with E-state index in [4.69, 9.17) is 9.26 Å². The fourth-order valence-electron chi connectivity index (χ4n) is 3.27. The fraction of sp³-hybridized carbons (Fsp3) is 0.722. The van der Waals surface area contributed by atoms with E-state index in [1.54, 1.807) is 0 Å². The fourth-order valence-corrected chi connectivity index (χ4v) is 4.79. The lowest BCUT2D eigenvalue weighted by atomic mass is 10.1. The maximum Gasteiger partial charge on any atom is 0.324 e. The van der Waals surface area contributed by atoms with Crippen LogP contribution in [0.15, 0.2) is 9.42 Å². The van der Waals surface area contributed by atoms with Crippen molar-refractivity contribution >= 4 is 21.9 Å². The van der Waals surface area contributed by atoms with Gasteiger partial charge in [-0.1, -0.05) is 30.8 Å². The van der Waals surface area contributed by atoms with Gasteiger partial charge in [0.05, 0.1) is 0 Å². The molecule has 0 spiro atoms. The molecule has 2 rings (SSSR count). The molecule has 0 radical (unpaired) electrons. The summed E-state index contributed by atoms with van der Waals surface area (Å²) in [6, 6.07) is -1.08. The number of hydrogen-bond donors (Lipinski definition) is 2. The molecular formula is C18H29N3O6S. The van der Waals surface area contributed by atoms with Gasteiger partial charge in [-0.15, -0.1) is 0 Å². The van der Waals surface area contributed by atoms with Gasteiger partial charge in [-0.25, -0.2) is 8.42 Å². The van der Waals surface area contributed by atoms with Crippen LogP contribution in [0.3, 0.4) is 0 Å². The highest BCUT2D eigenvalue weighted by molar-refractivity contribution is 7.89. The molecule has 9 nitrogen and oxygen atoms in total. The van der Waals surface area contributed by atoms with Crippen molar-refractivity contribution in [2.75, 3.05) is 0 Å². The molecule has 0 saturated heterocycles. The Kier molecular flexibility index (Phi) is 7.59. The number of nitrogens with zero attached hydrogens (tertiary/aromatic N) is 1. The Morgan fingerprint density at radius 1 is 1.14 bits per heavy atom. The summed E-state index contributed by atoms with van der Waals surface area (Å²) in [5.74, 6) is -1.08. The minimum atomic E-state index is -4.01. The summed E-state index contributed by atoms with van der Waals surface area (Å²) in [4.78, 5) is 24.4. The highest BCUT2D eigenvalue weighted by Gasteiger charge is 2.30. The van der Waals surface area contributed by atoms with Crippen LogP contribution in [-0.4, -0.2) is 43.6 Å². The number of ether oxygens (including phenoxy) is 1. The van der Waals surface area contributed by atoms with Crippen LogP contribution in [0.25, 0.3) is 0 Å². The van der Waals surface area contributed by atoms with Crippen LogP contribution in [0.5, 0.6) is 0 Å². The molecule has 1 aromatic heterocycles. The number of rotatable bonds is 7. The van der Waals surface area contributed by atoms with Gasteiger partial charge in [0.1, 0.15) is 16.6 Å². The monoisotopic (exact) mass is 415 g/mol. The first-order chi connectivity index (χ1) is 13.1. The van der Waals surface area contributed by atoms with E-state index in [1.807, 2.05) is 0 Å². The Morgan fingerprint density at radius 2 is 1.75 bits per heavy atom. The summed E-state index contributed by atoms with van der Waals surface area (Å²) in [5.41, 5.74) is 0.196. The Balaban J connectivity index is 1.91. The minimum Gasteiger partial charge on any atom is -0.451 e. The van der Waals surface area contributed by atoms with E-state index in [0.29, 0.717) is 0 Å². The molecule has 2 atom stereocenters. The van der Waals surface area contributed by atoms with Crippen molar-refractivity contribution in [3.63, 3.8) is 0 Å². The Hall–Kier alpha value is -1.94. The highest BCUT2D eigenvalue weighted by Crippen LogP contribution is 2.19. The molecule has 0 aromatic carbocycles. The summed E-state index contributed by atoms with van der Waals surface area (Å²) in [7, 11) is -4.01. The number of carbonyl (C=O) groups is 2. The second-order valence-corrected chi connectivity index (χ2v) is 8.92. The molecule has 28 heavy (non-hydrogen) atoms. The van der Waals surface area contributed by atoms with Crippen LogP contribution in [0.4, 0.5) is 0 Å².